The maximum atomic E-state index is 2.27. The summed E-state index contributed by atoms with van der Waals surface area (Å²) in [7, 11) is 0. The monoisotopic (exact) mass is 190 g/mol. The molecule has 8 heavy (non-hydrogen) atoms. The van der Waals surface area contributed by atoms with Crippen LogP contribution in [0, 0.1) is 5.92 Å². The number of hydrogen-bond donors (Lipinski definition) is 0. The minimum absolute atomic E-state index is 0. The molecule has 0 radical (unpaired) electrons. The van der Waals surface area contributed by atoms with Crippen molar-refractivity contribution in [2.75, 3.05) is 0 Å². The third kappa shape index (κ3) is 9.99. The van der Waals surface area contributed by atoms with Gasteiger partial charge in [0, 0.05) is 26.2 Å². The van der Waals surface area contributed by atoms with Crippen LogP contribution in [0.3, 0.4) is 0 Å². The summed E-state index contributed by atoms with van der Waals surface area (Å²) in [5.74, 6) is 0.903. The molecular formula is C7H16Zr. The van der Waals surface area contributed by atoms with Crippen LogP contribution >= 0.6 is 0 Å². The van der Waals surface area contributed by atoms with Crippen LogP contribution in [0.2, 0.25) is 0 Å². The number of unbranched alkanes of at least 4 members (excludes halogenated alkanes) is 1. The minimum atomic E-state index is 0. The fraction of sp³-hybridized carbons (Fsp3) is 1.00. The van der Waals surface area contributed by atoms with Gasteiger partial charge in [0.2, 0.25) is 0 Å². The van der Waals surface area contributed by atoms with Gasteiger partial charge in [-0.05, 0) is 5.92 Å². The second kappa shape index (κ2) is 7.88. The molecule has 0 amide bonds. The molecule has 0 rings (SSSR count). The van der Waals surface area contributed by atoms with E-state index in [2.05, 4.69) is 20.8 Å². The van der Waals surface area contributed by atoms with Gasteiger partial charge in [0.05, 0.1) is 0 Å². The first kappa shape index (κ1) is 11.7. The molecule has 0 N–H and O–H groups in total. The third-order valence-corrected chi connectivity index (χ3v) is 1.14. The van der Waals surface area contributed by atoms with E-state index < -0.39 is 0 Å². The Balaban J connectivity index is 0. The largest absolute Gasteiger partial charge is 0.0654 e. The van der Waals surface area contributed by atoms with Crippen molar-refractivity contribution in [2.24, 2.45) is 5.92 Å². The zero-order chi connectivity index (χ0) is 5.70. The fourth-order valence-corrected chi connectivity index (χ4v) is 0.612. The molecule has 0 saturated heterocycles. The normalized spacial score (nSPS) is 9.00. The molecular weight excluding hydrogens is 175 g/mol. The molecule has 0 spiro atoms. The van der Waals surface area contributed by atoms with Crippen molar-refractivity contribution in [3.05, 3.63) is 0 Å². The molecule has 0 aliphatic heterocycles. The Hall–Kier alpha value is 0.883. The van der Waals surface area contributed by atoms with E-state index in [1.165, 1.54) is 19.3 Å². The first-order valence-corrected chi connectivity index (χ1v) is 3.27. The van der Waals surface area contributed by atoms with Crippen molar-refractivity contribution in [2.45, 2.75) is 40.0 Å². The Morgan fingerprint density at radius 1 is 1.25 bits per heavy atom. The Morgan fingerprint density at radius 3 is 1.88 bits per heavy atom. The van der Waals surface area contributed by atoms with Crippen LogP contribution in [0.15, 0.2) is 0 Å². The molecule has 0 aromatic heterocycles. The van der Waals surface area contributed by atoms with E-state index in [1.54, 1.807) is 0 Å². The molecule has 1 heteroatoms. The molecule has 48 valence electrons. The van der Waals surface area contributed by atoms with Crippen molar-refractivity contribution < 1.29 is 26.2 Å². The molecule has 0 aliphatic rings. The van der Waals surface area contributed by atoms with E-state index in [4.69, 9.17) is 0 Å². The predicted molar refractivity (Wildman–Crippen MR) is 34.4 cm³/mol. The zero-order valence-electron chi connectivity index (χ0n) is 6.20. The summed E-state index contributed by atoms with van der Waals surface area (Å²) < 4.78 is 0. The first-order chi connectivity index (χ1) is 3.27. The maximum Gasteiger partial charge on any atom is 0 e. The van der Waals surface area contributed by atoms with E-state index in [0.717, 1.165) is 5.92 Å². The Morgan fingerprint density at radius 2 is 1.75 bits per heavy atom. The SMILES string of the molecule is CCCCC(C)C.[Zr]. The van der Waals surface area contributed by atoms with Gasteiger partial charge in [0.15, 0.2) is 0 Å². The third-order valence-electron chi connectivity index (χ3n) is 1.14. The Bertz CT molecular complexity index is 33.4. The molecule has 0 saturated carbocycles. The first-order valence-electron chi connectivity index (χ1n) is 3.27. The molecule has 0 atom stereocenters. The maximum absolute atomic E-state index is 2.27. The van der Waals surface area contributed by atoms with E-state index in [1.807, 2.05) is 0 Å². The molecule has 0 bridgehead atoms. The van der Waals surface area contributed by atoms with Crippen LogP contribution < -0.4 is 0 Å². The summed E-state index contributed by atoms with van der Waals surface area (Å²) in [6.45, 7) is 6.79. The van der Waals surface area contributed by atoms with Crippen molar-refractivity contribution in [3.8, 4) is 0 Å². The summed E-state index contributed by atoms with van der Waals surface area (Å²) in [6.07, 6.45) is 4.15. The predicted octanol–water partition coefficient (Wildman–Crippen LogP) is 2.83. The quantitative estimate of drug-likeness (QED) is 0.643. The standard InChI is InChI=1S/C7H16.Zr/c1-4-5-6-7(2)3;/h7H,4-6H2,1-3H3;. The van der Waals surface area contributed by atoms with Gasteiger partial charge in [0.1, 0.15) is 0 Å². The Kier molecular flexibility index (Phi) is 11.5. The van der Waals surface area contributed by atoms with E-state index in [9.17, 15) is 0 Å². The number of rotatable bonds is 3. The summed E-state index contributed by atoms with van der Waals surface area (Å²) in [4.78, 5) is 0. The minimum Gasteiger partial charge on any atom is -0.0654 e. The molecule has 0 fully saturated rings. The summed E-state index contributed by atoms with van der Waals surface area (Å²) in [5.41, 5.74) is 0. The van der Waals surface area contributed by atoms with Crippen molar-refractivity contribution in [1.29, 1.82) is 0 Å². The van der Waals surface area contributed by atoms with Gasteiger partial charge in [-0.2, -0.15) is 0 Å². The van der Waals surface area contributed by atoms with Crippen LogP contribution in [0.1, 0.15) is 40.0 Å². The molecule has 0 aromatic rings. The van der Waals surface area contributed by atoms with Crippen LogP contribution in [0.4, 0.5) is 0 Å². The van der Waals surface area contributed by atoms with Crippen molar-refractivity contribution in [1.82, 2.24) is 0 Å². The van der Waals surface area contributed by atoms with E-state index in [-0.39, 0.29) is 26.2 Å². The van der Waals surface area contributed by atoms with Gasteiger partial charge < -0.3 is 0 Å². The second-order valence-corrected chi connectivity index (χ2v) is 2.54. The van der Waals surface area contributed by atoms with Gasteiger partial charge in [-0.25, -0.2) is 0 Å². The van der Waals surface area contributed by atoms with Gasteiger partial charge in [-0.3, -0.25) is 0 Å². The summed E-state index contributed by atoms with van der Waals surface area (Å²) in [6, 6.07) is 0. The van der Waals surface area contributed by atoms with E-state index >= 15 is 0 Å². The van der Waals surface area contributed by atoms with Crippen LogP contribution in [-0.2, 0) is 26.2 Å². The van der Waals surface area contributed by atoms with Gasteiger partial charge in [0.25, 0.3) is 0 Å². The summed E-state index contributed by atoms with van der Waals surface area (Å²) in [5, 5.41) is 0. The molecule has 0 heterocycles. The van der Waals surface area contributed by atoms with Crippen molar-refractivity contribution in [3.63, 3.8) is 0 Å². The number of hydrogen-bond acceptors (Lipinski definition) is 0. The molecule has 0 nitrogen and oxygen atoms in total. The fourth-order valence-electron chi connectivity index (χ4n) is 0.612. The zero-order valence-corrected chi connectivity index (χ0v) is 8.66. The van der Waals surface area contributed by atoms with Crippen LogP contribution in [-0.4, -0.2) is 0 Å². The average Bonchev–Trinajstić information content (AvgIpc) is 1.61. The molecule has 0 aliphatic carbocycles. The molecule has 0 aromatic carbocycles. The van der Waals surface area contributed by atoms with Crippen LogP contribution in [0.5, 0.6) is 0 Å². The topological polar surface area (TPSA) is 0 Å². The smallest absolute Gasteiger partial charge is 0 e. The van der Waals surface area contributed by atoms with Gasteiger partial charge in [-0.1, -0.05) is 40.0 Å². The average molecular weight is 191 g/mol. The van der Waals surface area contributed by atoms with Gasteiger partial charge in [-0.15, -0.1) is 0 Å². The summed E-state index contributed by atoms with van der Waals surface area (Å²) >= 11 is 0. The van der Waals surface area contributed by atoms with Crippen molar-refractivity contribution >= 4 is 0 Å². The second-order valence-electron chi connectivity index (χ2n) is 2.54. The molecule has 0 unspecified atom stereocenters. The van der Waals surface area contributed by atoms with Gasteiger partial charge >= 0.3 is 0 Å². The van der Waals surface area contributed by atoms with Crippen LogP contribution in [0.25, 0.3) is 0 Å². The Labute approximate surface area is 72.2 Å². The van der Waals surface area contributed by atoms with E-state index in [0.29, 0.717) is 0 Å².